The molecule has 2 aromatic carbocycles. The number of nitrogens with zero attached hydrogens (tertiary/aromatic N) is 5. The molecule has 3 atom stereocenters. The molecule has 2 aliphatic carbocycles. The summed E-state index contributed by atoms with van der Waals surface area (Å²) < 4.78 is 98.8. The van der Waals surface area contributed by atoms with E-state index in [1.165, 1.54) is 17.0 Å². The number of imidazole rings is 1. The zero-order chi connectivity index (χ0) is 55.5. The predicted octanol–water partition coefficient (Wildman–Crippen LogP) is 7.21. The minimum Gasteiger partial charge on any atom is -0.490 e. The Labute approximate surface area is 458 Å². The van der Waals surface area contributed by atoms with Crippen molar-refractivity contribution >= 4 is 29.1 Å². The SMILES string of the molecule is Cc1cn(-c2cc(NC(=O)c3ccc(C)c(Nc4nccc(-c5cncc(OCCOCCOCCOCCOCCOCCOCCOCCOCCOCCNC(=O)[C@H]6C[C@H]7C=C[C@@H]6C7)c5)n4)c3)cc(C(F)(F)F)c2)cn1. The van der Waals surface area contributed by atoms with Crippen LogP contribution in [0.25, 0.3) is 16.9 Å². The van der Waals surface area contributed by atoms with Gasteiger partial charge in [0, 0.05) is 59.2 Å². The molecule has 0 radical (unpaired) electrons. The lowest BCUT2D eigenvalue weighted by atomic mass is 9.93. The van der Waals surface area contributed by atoms with Crippen LogP contribution in [0.5, 0.6) is 5.75 Å². The Morgan fingerprint density at radius 1 is 0.671 bits per heavy atom. The average Bonchev–Trinajstić information content (AvgIpc) is 4.29. The topological polar surface area (TPSA) is 219 Å². The lowest BCUT2D eigenvalue weighted by molar-refractivity contribution is -0.137. The van der Waals surface area contributed by atoms with Crippen molar-refractivity contribution in [2.45, 2.75) is 32.9 Å². The molecule has 3 aromatic heterocycles. The third-order valence-electron chi connectivity index (χ3n) is 12.6. The van der Waals surface area contributed by atoms with Gasteiger partial charge >= 0.3 is 6.18 Å². The van der Waals surface area contributed by atoms with Crippen LogP contribution in [0.1, 0.15) is 40.0 Å². The van der Waals surface area contributed by atoms with Gasteiger partial charge < -0.3 is 67.9 Å². The number of allylic oxidation sites excluding steroid dienone is 2. The predicted molar refractivity (Wildman–Crippen MR) is 286 cm³/mol. The molecule has 3 heterocycles. The molecule has 2 aliphatic rings. The summed E-state index contributed by atoms with van der Waals surface area (Å²) in [6.07, 6.45) is 9.69. The second-order valence-corrected chi connectivity index (χ2v) is 18.5. The molecular weight excluding hydrogens is 1030 g/mol. The van der Waals surface area contributed by atoms with E-state index in [2.05, 4.69) is 48.0 Å². The van der Waals surface area contributed by atoms with Crippen LogP contribution in [0, 0.1) is 31.6 Å². The minimum atomic E-state index is -4.64. The molecule has 2 amide bonds. The van der Waals surface area contributed by atoms with Gasteiger partial charge in [-0.25, -0.2) is 15.0 Å². The monoisotopic (exact) mass is 1100 g/mol. The summed E-state index contributed by atoms with van der Waals surface area (Å²) >= 11 is 0. The number of rotatable bonds is 38. The van der Waals surface area contributed by atoms with Gasteiger partial charge in [-0.2, -0.15) is 13.2 Å². The maximum atomic E-state index is 13.8. The summed E-state index contributed by atoms with van der Waals surface area (Å²) in [7, 11) is 0. The number of benzene rings is 2. The maximum Gasteiger partial charge on any atom is 0.416 e. The number of halogens is 3. The van der Waals surface area contributed by atoms with Crippen molar-refractivity contribution < 1.29 is 70.1 Å². The molecule has 5 aromatic rings. The van der Waals surface area contributed by atoms with Crippen molar-refractivity contribution in [2.24, 2.45) is 17.8 Å². The molecule has 0 unspecified atom stereocenters. The van der Waals surface area contributed by atoms with Gasteiger partial charge in [0.1, 0.15) is 12.4 Å². The molecular formula is C56H71F3N8O12. The third-order valence-corrected chi connectivity index (χ3v) is 12.6. The first-order chi connectivity index (χ1) is 38.5. The number of pyridine rings is 1. The van der Waals surface area contributed by atoms with Crippen molar-refractivity contribution in [3.63, 3.8) is 0 Å². The number of carbonyl (C=O) groups excluding carboxylic acids is 2. The van der Waals surface area contributed by atoms with Crippen molar-refractivity contribution in [3.8, 4) is 22.7 Å². The van der Waals surface area contributed by atoms with E-state index in [0.29, 0.717) is 166 Å². The largest absolute Gasteiger partial charge is 0.490 e. The normalized spacial score (nSPS) is 15.7. The zero-order valence-electron chi connectivity index (χ0n) is 44.7. The molecule has 23 heteroatoms. The van der Waals surface area contributed by atoms with Crippen molar-refractivity contribution in [2.75, 3.05) is 143 Å². The average molecular weight is 1110 g/mol. The van der Waals surface area contributed by atoms with Crippen LogP contribution in [0.15, 0.2) is 91.8 Å². The van der Waals surface area contributed by atoms with Crippen LogP contribution in [-0.2, 0) is 53.6 Å². The Balaban J connectivity index is 0.647. The molecule has 0 spiro atoms. The number of ether oxygens (including phenoxy) is 10. The van der Waals surface area contributed by atoms with E-state index in [4.69, 9.17) is 47.4 Å². The van der Waals surface area contributed by atoms with Gasteiger partial charge in [0.05, 0.1) is 148 Å². The van der Waals surface area contributed by atoms with Crippen LogP contribution in [-0.4, -0.2) is 168 Å². The molecule has 3 N–H and O–H groups in total. The molecule has 0 saturated heterocycles. The quantitative estimate of drug-likeness (QED) is 0.0263. The number of hydrogen-bond acceptors (Lipinski definition) is 17. The van der Waals surface area contributed by atoms with Gasteiger partial charge in [0.15, 0.2) is 0 Å². The lowest BCUT2D eigenvalue weighted by Crippen LogP contribution is -2.35. The summed E-state index contributed by atoms with van der Waals surface area (Å²) in [6, 6.07) is 11.7. The van der Waals surface area contributed by atoms with Crippen LogP contribution in [0.3, 0.4) is 0 Å². The second kappa shape index (κ2) is 32.6. The van der Waals surface area contributed by atoms with Crippen LogP contribution in [0.4, 0.5) is 30.5 Å². The van der Waals surface area contributed by atoms with E-state index in [9.17, 15) is 22.8 Å². The fourth-order valence-corrected chi connectivity index (χ4v) is 8.54. The number of amides is 2. The first-order valence-electron chi connectivity index (χ1n) is 26.5. The number of alkyl halides is 3. The molecule has 20 nitrogen and oxygen atoms in total. The summed E-state index contributed by atoms with van der Waals surface area (Å²) in [5, 5.41) is 8.75. The molecule has 428 valence electrons. The fraction of sp³-hybridized carbons (Fsp3) is 0.500. The van der Waals surface area contributed by atoms with Gasteiger partial charge in [0.2, 0.25) is 11.9 Å². The van der Waals surface area contributed by atoms with E-state index >= 15 is 0 Å². The summed E-state index contributed by atoms with van der Waals surface area (Å²) in [5.74, 6) is 1.41. The first-order valence-corrected chi connectivity index (χ1v) is 26.5. The number of nitrogens with one attached hydrogen (secondary N) is 3. The number of aromatic nitrogens is 5. The second-order valence-electron chi connectivity index (χ2n) is 18.5. The third kappa shape index (κ3) is 21.0. The molecule has 1 fully saturated rings. The fourth-order valence-electron chi connectivity index (χ4n) is 8.54. The Kier molecular flexibility index (Phi) is 24.9. The number of hydrogen-bond donors (Lipinski definition) is 3. The minimum absolute atomic E-state index is 0.0307. The Bertz CT molecular complexity index is 2680. The van der Waals surface area contributed by atoms with E-state index in [1.807, 2.05) is 6.92 Å². The molecule has 7 rings (SSSR count). The highest BCUT2D eigenvalue weighted by Gasteiger charge is 2.39. The summed E-state index contributed by atoms with van der Waals surface area (Å²) in [4.78, 5) is 43.1. The van der Waals surface area contributed by atoms with Crippen LogP contribution in [0.2, 0.25) is 0 Å². The standard InChI is InChI=1S/C56H71F3N8O12/c1-40-3-5-44(53(68)64-47-33-46(56(57,58)59)34-48(35-47)67-38-41(2)63-39-67)32-52(40)66-55-62-8-7-51(65-55)45-31-49(37-60-36-45)79-28-27-78-26-25-77-24-23-76-22-21-75-20-19-74-18-17-73-16-15-72-14-13-71-12-11-70-10-9-61-54(69)50-30-42-4-6-43(50)29-42/h3-8,31-39,42-43,50H,9-30H2,1-2H3,(H,61,69)(H,64,68)(H,62,65,66)/t42-,43+,50-/m0/s1. The van der Waals surface area contributed by atoms with E-state index in [0.717, 1.165) is 30.5 Å². The number of fused-ring (bicyclic) bond motifs is 2. The molecule has 2 bridgehead atoms. The first kappa shape index (κ1) is 60.2. The number of aryl methyl sites for hydroxylation is 2. The van der Waals surface area contributed by atoms with Gasteiger partial charge in [0.25, 0.3) is 5.91 Å². The number of anilines is 3. The summed E-state index contributed by atoms with van der Waals surface area (Å²) in [6.45, 7) is 12.3. The van der Waals surface area contributed by atoms with Gasteiger partial charge in [-0.05, 0) is 86.6 Å². The van der Waals surface area contributed by atoms with Crippen molar-refractivity contribution in [3.05, 3.63) is 114 Å². The zero-order valence-corrected chi connectivity index (χ0v) is 44.7. The highest BCUT2D eigenvalue weighted by molar-refractivity contribution is 6.05. The Morgan fingerprint density at radius 2 is 1.28 bits per heavy atom. The smallest absolute Gasteiger partial charge is 0.416 e. The highest BCUT2D eigenvalue weighted by Crippen LogP contribution is 2.43. The van der Waals surface area contributed by atoms with Gasteiger partial charge in [-0.1, -0.05) is 18.2 Å². The van der Waals surface area contributed by atoms with Crippen molar-refractivity contribution in [1.29, 1.82) is 0 Å². The van der Waals surface area contributed by atoms with E-state index < -0.39 is 17.6 Å². The van der Waals surface area contributed by atoms with Gasteiger partial charge in [-0.15, -0.1) is 0 Å². The highest BCUT2D eigenvalue weighted by atomic mass is 19.4. The summed E-state index contributed by atoms with van der Waals surface area (Å²) in [5.41, 5.74) is 2.59. The Hall–Kier alpha value is -6.41. The molecule has 1 saturated carbocycles. The Morgan fingerprint density at radius 3 is 1.84 bits per heavy atom. The maximum absolute atomic E-state index is 13.8. The number of carbonyl (C=O) groups is 2. The van der Waals surface area contributed by atoms with E-state index in [1.54, 1.807) is 62.0 Å². The molecule has 79 heavy (non-hydrogen) atoms. The lowest BCUT2D eigenvalue weighted by Gasteiger charge is -2.17. The molecule has 0 aliphatic heterocycles. The van der Waals surface area contributed by atoms with Crippen molar-refractivity contribution in [1.82, 2.24) is 29.8 Å². The van der Waals surface area contributed by atoms with Crippen LogP contribution < -0.4 is 20.7 Å². The van der Waals surface area contributed by atoms with E-state index in [-0.39, 0.29) is 41.3 Å². The van der Waals surface area contributed by atoms with Crippen LogP contribution >= 0.6 is 0 Å². The van der Waals surface area contributed by atoms with Gasteiger partial charge in [-0.3, -0.25) is 14.6 Å².